The maximum absolute atomic E-state index is 13.3. The molecule has 39 heavy (non-hydrogen) atoms. The Balaban J connectivity index is 1.18. The lowest BCUT2D eigenvalue weighted by molar-refractivity contribution is 0.627. The summed E-state index contributed by atoms with van der Waals surface area (Å²) in [5.41, 5.74) is 8.81. The van der Waals surface area contributed by atoms with E-state index in [2.05, 4.69) is 84.9 Å². The average Bonchev–Trinajstić information content (AvgIpc) is 3.35. The van der Waals surface area contributed by atoms with Gasteiger partial charge in [0, 0.05) is 20.2 Å². The molecule has 0 fully saturated rings. The Morgan fingerprint density at radius 3 is 0.897 bits per heavy atom. The third-order valence-corrected chi connectivity index (χ3v) is 8.38. The number of fused-ring (bicyclic) bond motifs is 3. The molecule has 0 bridgehead atoms. The first-order valence-electron chi connectivity index (χ1n) is 12.8. The molecule has 0 unspecified atom stereocenters. The van der Waals surface area contributed by atoms with Gasteiger partial charge in [0.15, 0.2) is 0 Å². The number of hydrogen-bond donors (Lipinski definition) is 0. The van der Waals surface area contributed by atoms with Gasteiger partial charge in [0.05, 0.1) is 0 Å². The van der Waals surface area contributed by atoms with Crippen LogP contribution < -0.4 is 0 Å². The van der Waals surface area contributed by atoms with Gasteiger partial charge in [-0.2, -0.15) is 0 Å². The van der Waals surface area contributed by atoms with Gasteiger partial charge in [0.1, 0.15) is 11.6 Å². The highest BCUT2D eigenvalue weighted by molar-refractivity contribution is 7.25. The zero-order valence-electron chi connectivity index (χ0n) is 20.9. The van der Waals surface area contributed by atoms with Crippen LogP contribution in [0.1, 0.15) is 0 Å². The molecule has 0 saturated heterocycles. The molecule has 0 N–H and O–H groups in total. The van der Waals surface area contributed by atoms with E-state index in [0.717, 1.165) is 33.4 Å². The van der Waals surface area contributed by atoms with Gasteiger partial charge < -0.3 is 0 Å². The fourth-order valence-electron chi connectivity index (χ4n) is 5.13. The average molecular weight is 525 g/mol. The lowest BCUT2D eigenvalue weighted by Gasteiger charge is -2.06. The van der Waals surface area contributed by atoms with E-state index in [1.807, 2.05) is 35.6 Å². The number of rotatable bonds is 4. The molecule has 7 aromatic rings. The number of benzene rings is 6. The van der Waals surface area contributed by atoms with E-state index >= 15 is 0 Å². The lowest BCUT2D eigenvalue weighted by Crippen LogP contribution is -1.81. The number of hydrogen-bond acceptors (Lipinski definition) is 1. The van der Waals surface area contributed by atoms with E-state index < -0.39 is 0 Å². The van der Waals surface area contributed by atoms with Gasteiger partial charge in [-0.1, -0.05) is 97.1 Å². The van der Waals surface area contributed by atoms with Crippen molar-refractivity contribution in [2.24, 2.45) is 0 Å². The normalized spacial score (nSPS) is 11.3. The molecular weight excluding hydrogens is 502 g/mol. The molecule has 0 aliphatic rings. The maximum atomic E-state index is 13.3. The maximum Gasteiger partial charge on any atom is 0.123 e. The Morgan fingerprint density at radius 2 is 0.564 bits per heavy atom. The predicted octanol–water partition coefficient (Wildman–Crippen LogP) is 11.0. The summed E-state index contributed by atoms with van der Waals surface area (Å²) in [5, 5.41) is 2.53. The second-order valence-corrected chi connectivity index (χ2v) is 10.8. The Bertz CT molecular complexity index is 1790. The Hall–Kier alpha value is -4.60. The second kappa shape index (κ2) is 9.61. The summed E-state index contributed by atoms with van der Waals surface area (Å²) in [6.45, 7) is 0. The highest BCUT2D eigenvalue weighted by atomic mass is 32.1. The van der Waals surface area contributed by atoms with Crippen LogP contribution in [0.4, 0.5) is 8.78 Å². The van der Waals surface area contributed by atoms with Crippen molar-refractivity contribution in [3.63, 3.8) is 0 Å². The van der Waals surface area contributed by atoms with E-state index in [-0.39, 0.29) is 11.6 Å². The monoisotopic (exact) mass is 524 g/mol. The SMILES string of the molecule is Fc1ccc(-c2ccc(-c3ccc4c(c3)sc3cc(-c5ccc(-c6ccc(F)cc6)cc5)ccc34)cc2)cc1. The molecule has 7 rings (SSSR count). The minimum Gasteiger partial charge on any atom is -0.207 e. The topological polar surface area (TPSA) is 0 Å². The lowest BCUT2D eigenvalue weighted by atomic mass is 9.98. The van der Waals surface area contributed by atoms with Crippen LogP contribution in [0.25, 0.3) is 64.7 Å². The van der Waals surface area contributed by atoms with Crippen molar-refractivity contribution in [2.45, 2.75) is 0 Å². The van der Waals surface area contributed by atoms with E-state index in [1.165, 1.54) is 55.6 Å². The Kier molecular flexibility index (Phi) is 5.79. The van der Waals surface area contributed by atoms with E-state index in [0.29, 0.717) is 0 Å². The van der Waals surface area contributed by atoms with E-state index in [9.17, 15) is 8.78 Å². The first-order valence-corrected chi connectivity index (χ1v) is 13.6. The minimum atomic E-state index is -0.223. The molecule has 0 atom stereocenters. The van der Waals surface area contributed by atoms with Crippen molar-refractivity contribution < 1.29 is 8.78 Å². The fraction of sp³-hybridized carbons (Fsp3) is 0. The molecule has 0 aliphatic carbocycles. The van der Waals surface area contributed by atoms with Crippen LogP contribution in [0.3, 0.4) is 0 Å². The van der Waals surface area contributed by atoms with Crippen molar-refractivity contribution in [2.75, 3.05) is 0 Å². The van der Waals surface area contributed by atoms with Crippen LogP contribution in [-0.2, 0) is 0 Å². The van der Waals surface area contributed by atoms with Crippen LogP contribution in [0, 0.1) is 11.6 Å². The van der Waals surface area contributed by atoms with Crippen molar-refractivity contribution in [3.05, 3.63) is 145 Å². The smallest absolute Gasteiger partial charge is 0.123 e. The molecule has 186 valence electrons. The van der Waals surface area contributed by atoms with Gasteiger partial charge in [-0.15, -0.1) is 11.3 Å². The largest absolute Gasteiger partial charge is 0.207 e. The summed E-state index contributed by atoms with van der Waals surface area (Å²) >= 11 is 1.81. The van der Waals surface area contributed by atoms with Gasteiger partial charge in [-0.25, -0.2) is 8.78 Å². The Labute approximate surface area is 229 Å². The molecule has 0 saturated carbocycles. The van der Waals surface area contributed by atoms with Crippen molar-refractivity contribution in [3.8, 4) is 44.5 Å². The summed E-state index contributed by atoms with van der Waals surface area (Å²) in [4.78, 5) is 0. The number of halogens is 2. The number of thiophene rings is 1. The summed E-state index contributed by atoms with van der Waals surface area (Å²) in [6.07, 6.45) is 0. The standard InChI is InChI=1S/C36H22F2S/c37-31-15-9-25(10-16-31)23-1-5-27(6-2-23)29-13-19-33-34-20-14-30(22-36(34)39-35(33)21-29)28-7-3-24(4-8-28)26-11-17-32(38)18-12-26/h1-22H. The first-order chi connectivity index (χ1) is 19.1. The first kappa shape index (κ1) is 23.5. The molecule has 0 nitrogen and oxygen atoms in total. The minimum absolute atomic E-state index is 0.223. The summed E-state index contributed by atoms with van der Waals surface area (Å²) < 4.78 is 29.1. The van der Waals surface area contributed by atoms with Crippen molar-refractivity contribution in [1.29, 1.82) is 0 Å². The molecule has 3 heteroatoms. The van der Waals surface area contributed by atoms with E-state index in [1.54, 1.807) is 0 Å². The van der Waals surface area contributed by atoms with Gasteiger partial charge in [-0.3, -0.25) is 0 Å². The van der Waals surface area contributed by atoms with Gasteiger partial charge >= 0.3 is 0 Å². The van der Waals surface area contributed by atoms with Crippen molar-refractivity contribution >= 4 is 31.5 Å². The molecule has 0 radical (unpaired) electrons. The third-order valence-electron chi connectivity index (χ3n) is 7.26. The van der Waals surface area contributed by atoms with Crippen molar-refractivity contribution in [1.82, 2.24) is 0 Å². The second-order valence-electron chi connectivity index (χ2n) is 9.69. The van der Waals surface area contributed by atoms with E-state index in [4.69, 9.17) is 0 Å². The molecule has 1 aromatic heterocycles. The Morgan fingerprint density at radius 1 is 0.308 bits per heavy atom. The van der Waals surface area contributed by atoms with Crippen LogP contribution >= 0.6 is 11.3 Å². The van der Waals surface area contributed by atoms with Crippen LogP contribution in [-0.4, -0.2) is 0 Å². The van der Waals surface area contributed by atoms with Crippen LogP contribution in [0.15, 0.2) is 133 Å². The van der Waals surface area contributed by atoms with Crippen LogP contribution in [0.2, 0.25) is 0 Å². The summed E-state index contributed by atoms with van der Waals surface area (Å²) in [5.74, 6) is -0.446. The fourth-order valence-corrected chi connectivity index (χ4v) is 6.32. The van der Waals surface area contributed by atoms with Gasteiger partial charge in [0.25, 0.3) is 0 Å². The highest BCUT2D eigenvalue weighted by Crippen LogP contribution is 2.39. The summed E-state index contributed by atoms with van der Waals surface area (Å²) in [7, 11) is 0. The molecule has 0 aliphatic heterocycles. The molecule has 0 amide bonds. The summed E-state index contributed by atoms with van der Waals surface area (Å²) in [6, 6.07) is 43.4. The zero-order chi connectivity index (χ0) is 26.3. The molecular formula is C36H22F2S. The zero-order valence-corrected chi connectivity index (χ0v) is 21.7. The molecule has 6 aromatic carbocycles. The van der Waals surface area contributed by atoms with Crippen LogP contribution in [0.5, 0.6) is 0 Å². The van der Waals surface area contributed by atoms with Gasteiger partial charge in [-0.05, 0) is 80.9 Å². The van der Waals surface area contributed by atoms with Gasteiger partial charge in [0.2, 0.25) is 0 Å². The third kappa shape index (κ3) is 4.52. The molecule has 0 spiro atoms. The quantitative estimate of drug-likeness (QED) is 0.215. The predicted molar refractivity (Wildman–Crippen MR) is 161 cm³/mol. The molecule has 1 heterocycles. The highest BCUT2D eigenvalue weighted by Gasteiger charge is 2.10.